The van der Waals surface area contributed by atoms with Crippen LogP contribution < -0.4 is 16.6 Å². The summed E-state index contributed by atoms with van der Waals surface area (Å²) in [4.78, 5) is 0. The SMILES string of the molecule is CC1C(N)NNC1c1ccc(Cl)cc1. The molecule has 1 saturated heterocycles. The minimum atomic E-state index is 0.00989. The molecule has 1 heterocycles. The van der Waals surface area contributed by atoms with Gasteiger partial charge in [-0.2, -0.15) is 0 Å². The van der Waals surface area contributed by atoms with Gasteiger partial charge < -0.3 is 5.73 Å². The van der Waals surface area contributed by atoms with E-state index in [2.05, 4.69) is 17.8 Å². The summed E-state index contributed by atoms with van der Waals surface area (Å²) in [5, 5.41) is 0.761. The Morgan fingerprint density at radius 1 is 1.21 bits per heavy atom. The summed E-state index contributed by atoms with van der Waals surface area (Å²) >= 11 is 5.82. The summed E-state index contributed by atoms with van der Waals surface area (Å²) in [6, 6.07) is 8.11. The van der Waals surface area contributed by atoms with E-state index in [9.17, 15) is 0 Å². The molecular weight excluding hydrogens is 198 g/mol. The average Bonchev–Trinajstić information content (AvgIpc) is 2.50. The van der Waals surface area contributed by atoms with Crippen LogP contribution in [0.5, 0.6) is 0 Å². The predicted octanol–water partition coefficient (Wildman–Crippen LogP) is 1.41. The lowest BCUT2D eigenvalue weighted by Gasteiger charge is -2.16. The second kappa shape index (κ2) is 3.87. The summed E-state index contributed by atoms with van der Waals surface area (Å²) < 4.78 is 0. The second-order valence-corrected chi connectivity index (χ2v) is 4.14. The Balaban J connectivity index is 2.19. The molecule has 0 amide bonds. The van der Waals surface area contributed by atoms with E-state index < -0.39 is 0 Å². The fourth-order valence-electron chi connectivity index (χ4n) is 1.71. The van der Waals surface area contributed by atoms with E-state index in [0.29, 0.717) is 5.92 Å². The molecule has 14 heavy (non-hydrogen) atoms. The van der Waals surface area contributed by atoms with Crippen molar-refractivity contribution < 1.29 is 0 Å². The molecule has 76 valence electrons. The van der Waals surface area contributed by atoms with E-state index in [1.807, 2.05) is 24.3 Å². The first-order valence-electron chi connectivity index (χ1n) is 4.70. The Kier molecular flexibility index (Phi) is 2.74. The molecular formula is C10H14ClN3. The number of nitrogens with one attached hydrogen (secondary N) is 2. The van der Waals surface area contributed by atoms with Crippen LogP contribution in [0.1, 0.15) is 18.5 Å². The van der Waals surface area contributed by atoms with Crippen LogP contribution in [0.15, 0.2) is 24.3 Å². The molecule has 3 atom stereocenters. The third-order valence-corrected chi connectivity index (χ3v) is 2.98. The van der Waals surface area contributed by atoms with Crippen molar-refractivity contribution >= 4 is 11.6 Å². The molecule has 3 nitrogen and oxygen atoms in total. The van der Waals surface area contributed by atoms with Gasteiger partial charge >= 0.3 is 0 Å². The maximum atomic E-state index is 5.84. The third kappa shape index (κ3) is 1.77. The highest BCUT2D eigenvalue weighted by atomic mass is 35.5. The molecule has 0 bridgehead atoms. The van der Waals surface area contributed by atoms with Gasteiger partial charge in [0.25, 0.3) is 0 Å². The predicted molar refractivity (Wildman–Crippen MR) is 57.6 cm³/mol. The lowest BCUT2D eigenvalue weighted by Crippen LogP contribution is -2.38. The quantitative estimate of drug-likeness (QED) is 0.659. The Hall–Kier alpha value is -0.610. The van der Waals surface area contributed by atoms with Crippen molar-refractivity contribution in [2.24, 2.45) is 11.7 Å². The number of hydrogen-bond acceptors (Lipinski definition) is 3. The molecule has 0 saturated carbocycles. The molecule has 3 unspecified atom stereocenters. The van der Waals surface area contributed by atoms with Crippen molar-refractivity contribution in [1.82, 2.24) is 10.9 Å². The molecule has 1 fully saturated rings. The van der Waals surface area contributed by atoms with Crippen LogP contribution in [-0.2, 0) is 0 Å². The topological polar surface area (TPSA) is 50.1 Å². The molecule has 0 aliphatic carbocycles. The van der Waals surface area contributed by atoms with Crippen LogP contribution in [0.25, 0.3) is 0 Å². The standard InChI is InChI=1S/C10H14ClN3/c1-6-9(13-14-10(6)12)7-2-4-8(11)5-3-7/h2-6,9-10,13-14H,12H2,1H3. The normalized spacial score (nSPS) is 32.1. The number of halogens is 1. The second-order valence-electron chi connectivity index (χ2n) is 3.70. The highest BCUT2D eigenvalue weighted by Gasteiger charge is 2.30. The zero-order valence-corrected chi connectivity index (χ0v) is 8.75. The molecule has 1 aromatic carbocycles. The van der Waals surface area contributed by atoms with Gasteiger partial charge in [0.05, 0.1) is 12.2 Å². The molecule has 1 aliphatic rings. The molecule has 4 heteroatoms. The molecule has 1 aliphatic heterocycles. The zero-order valence-electron chi connectivity index (χ0n) is 8.00. The minimum Gasteiger partial charge on any atom is -0.315 e. The first-order chi connectivity index (χ1) is 6.68. The number of rotatable bonds is 1. The van der Waals surface area contributed by atoms with E-state index in [1.54, 1.807) is 0 Å². The Bertz CT molecular complexity index is 312. The van der Waals surface area contributed by atoms with E-state index >= 15 is 0 Å². The van der Waals surface area contributed by atoms with E-state index in [4.69, 9.17) is 17.3 Å². The van der Waals surface area contributed by atoms with Gasteiger partial charge in [-0.3, -0.25) is 0 Å². The minimum absolute atomic E-state index is 0.00989. The molecule has 0 radical (unpaired) electrons. The Morgan fingerprint density at radius 3 is 2.36 bits per heavy atom. The van der Waals surface area contributed by atoms with Crippen LogP contribution in [-0.4, -0.2) is 6.17 Å². The first kappa shape index (κ1) is 9.93. The van der Waals surface area contributed by atoms with Crippen molar-refractivity contribution in [3.8, 4) is 0 Å². The van der Waals surface area contributed by atoms with Gasteiger partial charge in [-0.05, 0) is 17.7 Å². The highest BCUT2D eigenvalue weighted by Crippen LogP contribution is 2.27. The Morgan fingerprint density at radius 2 is 1.86 bits per heavy atom. The van der Waals surface area contributed by atoms with Crippen LogP contribution in [0.2, 0.25) is 5.02 Å². The van der Waals surface area contributed by atoms with Gasteiger partial charge in [-0.25, -0.2) is 10.9 Å². The molecule has 0 aromatic heterocycles. The summed E-state index contributed by atoms with van der Waals surface area (Å²) in [7, 11) is 0. The van der Waals surface area contributed by atoms with Gasteiger partial charge in [0.1, 0.15) is 0 Å². The van der Waals surface area contributed by atoms with E-state index in [0.717, 1.165) is 5.02 Å². The summed E-state index contributed by atoms with van der Waals surface area (Å²) in [6.45, 7) is 2.12. The Labute approximate surface area is 88.6 Å². The summed E-state index contributed by atoms with van der Waals surface area (Å²) in [5.41, 5.74) is 13.2. The number of hydrazine groups is 1. The van der Waals surface area contributed by atoms with Gasteiger partial charge in [-0.1, -0.05) is 30.7 Å². The average molecular weight is 212 g/mol. The summed E-state index contributed by atoms with van der Waals surface area (Å²) in [5.74, 6) is 0.371. The van der Waals surface area contributed by atoms with Gasteiger partial charge in [0.15, 0.2) is 0 Å². The molecule has 4 N–H and O–H groups in total. The van der Waals surface area contributed by atoms with E-state index in [-0.39, 0.29) is 12.2 Å². The highest BCUT2D eigenvalue weighted by molar-refractivity contribution is 6.30. The van der Waals surface area contributed by atoms with Crippen LogP contribution in [0, 0.1) is 5.92 Å². The summed E-state index contributed by atoms with van der Waals surface area (Å²) in [6.07, 6.45) is 0.00989. The van der Waals surface area contributed by atoms with Crippen molar-refractivity contribution in [2.75, 3.05) is 0 Å². The van der Waals surface area contributed by atoms with Crippen molar-refractivity contribution in [3.63, 3.8) is 0 Å². The van der Waals surface area contributed by atoms with Gasteiger partial charge in [-0.15, -0.1) is 0 Å². The van der Waals surface area contributed by atoms with E-state index in [1.165, 1.54) is 5.56 Å². The smallest absolute Gasteiger partial charge is 0.0723 e. The third-order valence-electron chi connectivity index (χ3n) is 2.73. The lowest BCUT2D eigenvalue weighted by molar-refractivity contribution is 0.463. The number of benzene rings is 1. The molecule has 1 aromatic rings. The maximum Gasteiger partial charge on any atom is 0.0723 e. The lowest BCUT2D eigenvalue weighted by atomic mass is 9.95. The van der Waals surface area contributed by atoms with Crippen molar-refractivity contribution in [3.05, 3.63) is 34.9 Å². The zero-order chi connectivity index (χ0) is 10.1. The van der Waals surface area contributed by atoms with Crippen LogP contribution in [0.4, 0.5) is 0 Å². The van der Waals surface area contributed by atoms with Crippen molar-refractivity contribution in [1.29, 1.82) is 0 Å². The fraction of sp³-hybridized carbons (Fsp3) is 0.400. The van der Waals surface area contributed by atoms with Crippen LogP contribution in [0.3, 0.4) is 0 Å². The largest absolute Gasteiger partial charge is 0.315 e. The van der Waals surface area contributed by atoms with Gasteiger partial charge in [0, 0.05) is 10.9 Å². The monoisotopic (exact) mass is 211 g/mol. The van der Waals surface area contributed by atoms with Gasteiger partial charge in [0.2, 0.25) is 0 Å². The number of hydrogen-bond donors (Lipinski definition) is 3. The van der Waals surface area contributed by atoms with Crippen LogP contribution >= 0.6 is 11.6 Å². The molecule has 0 spiro atoms. The first-order valence-corrected chi connectivity index (χ1v) is 5.08. The fourth-order valence-corrected chi connectivity index (χ4v) is 1.84. The number of nitrogens with two attached hydrogens (primary N) is 1. The van der Waals surface area contributed by atoms with Crippen molar-refractivity contribution in [2.45, 2.75) is 19.1 Å². The maximum absolute atomic E-state index is 5.84. The molecule has 2 rings (SSSR count).